The van der Waals surface area contributed by atoms with Gasteiger partial charge in [-0.15, -0.1) is 11.6 Å². The Bertz CT molecular complexity index is 370. The summed E-state index contributed by atoms with van der Waals surface area (Å²) in [6, 6.07) is 6.79. The van der Waals surface area contributed by atoms with E-state index >= 15 is 0 Å². The van der Waals surface area contributed by atoms with Crippen LogP contribution in [0.25, 0.3) is 0 Å². The monoisotopic (exact) mass is 291 g/mol. The van der Waals surface area contributed by atoms with E-state index in [1.54, 1.807) is 31.4 Å². The first kappa shape index (κ1) is 15.1. The summed E-state index contributed by atoms with van der Waals surface area (Å²) in [4.78, 5) is 11.4. The molecule has 0 saturated carbocycles. The predicted octanol–water partition coefficient (Wildman–Crippen LogP) is 2.09. The van der Waals surface area contributed by atoms with Crippen LogP contribution in [0, 0.1) is 0 Å². The number of nitrogens with one attached hydrogen (secondary N) is 1. The Morgan fingerprint density at radius 1 is 1.39 bits per heavy atom. The van der Waals surface area contributed by atoms with Gasteiger partial charge in [0.1, 0.15) is 5.75 Å². The van der Waals surface area contributed by atoms with E-state index in [4.69, 9.17) is 32.7 Å². The van der Waals surface area contributed by atoms with Crippen LogP contribution in [0.4, 0.5) is 0 Å². The fourth-order valence-corrected chi connectivity index (χ4v) is 1.52. The number of amides is 1. The second-order valence-corrected chi connectivity index (χ2v) is 4.65. The summed E-state index contributed by atoms with van der Waals surface area (Å²) in [6.07, 6.45) is 0. The van der Waals surface area contributed by atoms with E-state index in [0.717, 1.165) is 0 Å². The fraction of sp³-hybridized carbons (Fsp3) is 0.417. The van der Waals surface area contributed by atoms with E-state index in [1.807, 2.05) is 0 Å². The van der Waals surface area contributed by atoms with Crippen molar-refractivity contribution in [2.24, 2.45) is 0 Å². The summed E-state index contributed by atoms with van der Waals surface area (Å²) >= 11 is 11.6. The van der Waals surface area contributed by atoms with Crippen LogP contribution in [0.2, 0.25) is 5.02 Å². The Morgan fingerprint density at radius 3 is 2.67 bits per heavy atom. The summed E-state index contributed by atoms with van der Waals surface area (Å²) in [7, 11) is 1.56. The second-order valence-electron chi connectivity index (χ2n) is 3.60. The quantitative estimate of drug-likeness (QED) is 0.783. The molecule has 0 aliphatic carbocycles. The van der Waals surface area contributed by atoms with Crippen molar-refractivity contribution in [2.75, 3.05) is 26.9 Å². The van der Waals surface area contributed by atoms with Crippen LogP contribution in [-0.4, -0.2) is 38.2 Å². The number of carbonyl (C=O) groups excluding carboxylic acids is 1. The van der Waals surface area contributed by atoms with Gasteiger partial charge in [0.05, 0.1) is 12.0 Å². The molecule has 0 aliphatic heterocycles. The van der Waals surface area contributed by atoms with E-state index in [9.17, 15) is 4.79 Å². The molecule has 18 heavy (non-hydrogen) atoms. The Morgan fingerprint density at radius 2 is 2.06 bits per heavy atom. The van der Waals surface area contributed by atoms with E-state index in [0.29, 0.717) is 23.9 Å². The van der Waals surface area contributed by atoms with Gasteiger partial charge in [0, 0.05) is 18.7 Å². The minimum atomic E-state index is -0.241. The highest BCUT2D eigenvalue weighted by atomic mass is 35.5. The molecule has 1 N–H and O–H groups in total. The third kappa shape index (κ3) is 6.10. The first-order chi connectivity index (χ1) is 8.61. The topological polar surface area (TPSA) is 47.6 Å². The molecule has 0 spiro atoms. The van der Waals surface area contributed by atoms with Crippen LogP contribution >= 0.6 is 23.2 Å². The van der Waals surface area contributed by atoms with Crippen LogP contribution in [-0.2, 0) is 9.53 Å². The lowest BCUT2D eigenvalue weighted by atomic mass is 10.3. The maximum atomic E-state index is 11.4. The Kier molecular flexibility index (Phi) is 6.86. The van der Waals surface area contributed by atoms with Crippen molar-refractivity contribution in [1.82, 2.24) is 5.32 Å². The first-order valence-electron chi connectivity index (χ1n) is 5.40. The van der Waals surface area contributed by atoms with E-state index < -0.39 is 0 Å². The molecule has 0 radical (unpaired) electrons. The standard InChI is InChI=1S/C12H15Cl2NO3/c1-17-7-10(14)6-15-12(16)8-18-11-4-2-9(13)3-5-11/h2-5,10H,6-8H2,1H3,(H,15,16). The molecule has 1 rings (SSSR count). The lowest BCUT2D eigenvalue weighted by Gasteiger charge is -2.10. The molecule has 0 heterocycles. The first-order valence-corrected chi connectivity index (χ1v) is 6.21. The van der Waals surface area contributed by atoms with Gasteiger partial charge in [-0.2, -0.15) is 0 Å². The van der Waals surface area contributed by atoms with Crippen molar-refractivity contribution in [3.8, 4) is 5.75 Å². The number of carbonyl (C=O) groups is 1. The molecule has 100 valence electrons. The number of ether oxygens (including phenoxy) is 2. The summed E-state index contributed by atoms with van der Waals surface area (Å²) in [6.45, 7) is 0.677. The average molecular weight is 292 g/mol. The van der Waals surface area contributed by atoms with Gasteiger partial charge in [-0.05, 0) is 24.3 Å². The van der Waals surface area contributed by atoms with Gasteiger partial charge in [-0.3, -0.25) is 4.79 Å². The zero-order valence-electron chi connectivity index (χ0n) is 9.99. The van der Waals surface area contributed by atoms with Gasteiger partial charge in [0.2, 0.25) is 0 Å². The minimum Gasteiger partial charge on any atom is -0.484 e. The Labute approximate surface area is 116 Å². The van der Waals surface area contributed by atoms with E-state index in [2.05, 4.69) is 5.32 Å². The molecule has 1 unspecified atom stereocenters. The van der Waals surface area contributed by atoms with Crippen molar-refractivity contribution in [2.45, 2.75) is 5.38 Å². The van der Waals surface area contributed by atoms with Crippen molar-refractivity contribution >= 4 is 29.1 Å². The highest BCUT2D eigenvalue weighted by Gasteiger charge is 2.07. The minimum absolute atomic E-state index is 0.0573. The van der Waals surface area contributed by atoms with E-state index in [1.165, 1.54) is 0 Å². The number of hydrogen-bond acceptors (Lipinski definition) is 3. The molecule has 0 aliphatic rings. The lowest BCUT2D eigenvalue weighted by Crippen LogP contribution is -2.34. The van der Waals surface area contributed by atoms with Gasteiger partial charge < -0.3 is 14.8 Å². The summed E-state index contributed by atoms with van der Waals surface area (Å²) < 4.78 is 10.1. The summed E-state index contributed by atoms with van der Waals surface area (Å²) in [5, 5.41) is 3.03. The van der Waals surface area contributed by atoms with Crippen molar-refractivity contribution in [3.63, 3.8) is 0 Å². The Balaban J connectivity index is 2.22. The molecule has 1 amide bonds. The second kappa shape index (κ2) is 8.19. The molecule has 0 fully saturated rings. The third-order valence-electron chi connectivity index (χ3n) is 2.05. The molecule has 1 atom stereocenters. The van der Waals surface area contributed by atoms with Crippen LogP contribution in [0.3, 0.4) is 0 Å². The molecule has 4 nitrogen and oxygen atoms in total. The van der Waals surface area contributed by atoms with Crippen LogP contribution in [0.1, 0.15) is 0 Å². The number of benzene rings is 1. The van der Waals surface area contributed by atoms with Crippen molar-refractivity contribution in [1.29, 1.82) is 0 Å². The maximum absolute atomic E-state index is 11.4. The number of hydrogen-bond donors (Lipinski definition) is 1. The van der Waals surface area contributed by atoms with Gasteiger partial charge in [-0.25, -0.2) is 0 Å². The number of rotatable bonds is 7. The third-order valence-corrected chi connectivity index (χ3v) is 2.58. The highest BCUT2D eigenvalue weighted by Crippen LogP contribution is 2.15. The van der Waals surface area contributed by atoms with Crippen LogP contribution in [0.5, 0.6) is 5.75 Å². The predicted molar refractivity (Wildman–Crippen MR) is 71.5 cm³/mol. The van der Waals surface area contributed by atoms with Crippen LogP contribution < -0.4 is 10.1 Å². The summed E-state index contributed by atoms with van der Waals surface area (Å²) in [5.41, 5.74) is 0. The largest absolute Gasteiger partial charge is 0.484 e. The molecule has 0 saturated heterocycles. The van der Waals surface area contributed by atoms with Gasteiger partial charge in [-0.1, -0.05) is 11.6 Å². The molecule has 6 heteroatoms. The Hall–Kier alpha value is -0.970. The maximum Gasteiger partial charge on any atom is 0.257 e. The molecule has 0 bridgehead atoms. The molecular weight excluding hydrogens is 277 g/mol. The lowest BCUT2D eigenvalue weighted by molar-refractivity contribution is -0.123. The van der Waals surface area contributed by atoms with Crippen molar-refractivity contribution in [3.05, 3.63) is 29.3 Å². The van der Waals surface area contributed by atoms with Gasteiger partial charge in [0.25, 0.3) is 5.91 Å². The highest BCUT2D eigenvalue weighted by molar-refractivity contribution is 6.30. The van der Waals surface area contributed by atoms with E-state index in [-0.39, 0.29) is 17.9 Å². The molecule has 1 aromatic rings. The summed E-state index contributed by atoms with van der Waals surface area (Å²) in [5.74, 6) is 0.362. The average Bonchev–Trinajstić information content (AvgIpc) is 2.36. The SMILES string of the molecule is COCC(Cl)CNC(=O)COc1ccc(Cl)cc1. The van der Waals surface area contributed by atoms with Gasteiger partial charge in [0.15, 0.2) is 6.61 Å². The molecule has 1 aromatic carbocycles. The number of alkyl halides is 1. The zero-order valence-corrected chi connectivity index (χ0v) is 11.5. The normalized spacial score (nSPS) is 11.9. The fourth-order valence-electron chi connectivity index (χ4n) is 1.20. The number of halogens is 2. The number of methoxy groups -OCH3 is 1. The van der Waals surface area contributed by atoms with Crippen LogP contribution in [0.15, 0.2) is 24.3 Å². The smallest absolute Gasteiger partial charge is 0.257 e. The zero-order chi connectivity index (χ0) is 13.4. The molecular formula is C12H15Cl2NO3. The van der Waals surface area contributed by atoms with Gasteiger partial charge >= 0.3 is 0 Å². The van der Waals surface area contributed by atoms with Crippen molar-refractivity contribution < 1.29 is 14.3 Å². The molecule has 0 aromatic heterocycles.